The molecule has 1 fully saturated rings. The molecule has 4 nitrogen and oxygen atoms in total. The lowest BCUT2D eigenvalue weighted by atomic mass is 10.1. The highest BCUT2D eigenvalue weighted by atomic mass is 32.2. The molecule has 0 amide bonds. The molecule has 0 spiro atoms. The Hall–Kier alpha value is -1.38. The molecule has 0 aromatic heterocycles. The first-order valence-corrected chi connectivity index (χ1v) is 7.55. The second-order valence-electron chi connectivity index (χ2n) is 4.79. The zero-order valence-electron chi connectivity index (χ0n) is 10.3. The first-order chi connectivity index (χ1) is 8.51. The van der Waals surface area contributed by atoms with Crippen LogP contribution in [0, 0.1) is 17.2 Å². The van der Waals surface area contributed by atoms with E-state index in [-0.39, 0.29) is 5.75 Å². The molecule has 0 atom stereocenters. The number of rotatable bonds is 5. The summed E-state index contributed by atoms with van der Waals surface area (Å²) in [4.78, 5) is 0. The van der Waals surface area contributed by atoms with Crippen molar-refractivity contribution in [1.29, 1.82) is 5.26 Å². The molecule has 5 heteroatoms. The minimum atomic E-state index is -3.16. The minimum Gasteiger partial charge on any atom is -0.212 e. The Morgan fingerprint density at radius 2 is 2.17 bits per heavy atom. The average Bonchev–Trinajstić information content (AvgIpc) is 3.12. The quantitative estimate of drug-likeness (QED) is 0.813. The number of hydrogen-bond acceptors (Lipinski definition) is 3. The van der Waals surface area contributed by atoms with Gasteiger partial charge in [-0.1, -0.05) is 12.1 Å². The molecule has 18 heavy (non-hydrogen) atoms. The number of hydrogen-bond donors (Lipinski definition) is 0. The Balaban J connectivity index is 2.05. The summed E-state index contributed by atoms with van der Waals surface area (Å²) in [6, 6.07) is 9.10. The molecule has 2 rings (SSSR count). The molecule has 0 N–H and O–H groups in total. The molecule has 0 aliphatic heterocycles. The SMILES string of the molecule is CN(Cc1cccc(C#N)c1)S(=O)(=O)CC1CC1. The fraction of sp³-hybridized carbons (Fsp3) is 0.462. The number of sulfonamides is 1. The van der Waals surface area contributed by atoms with Gasteiger partial charge in [-0.25, -0.2) is 12.7 Å². The third kappa shape index (κ3) is 3.31. The maximum absolute atomic E-state index is 12.0. The maximum Gasteiger partial charge on any atom is 0.214 e. The van der Waals surface area contributed by atoms with Gasteiger partial charge >= 0.3 is 0 Å². The smallest absolute Gasteiger partial charge is 0.212 e. The third-order valence-electron chi connectivity index (χ3n) is 3.08. The number of nitriles is 1. The van der Waals surface area contributed by atoms with Crippen LogP contribution in [0.15, 0.2) is 24.3 Å². The summed E-state index contributed by atoms with van der Waals surface area (Å²) in [6.07, 6.45) is 2.05. The monoisotopic (exact) mass is 264 g/mol. The van der Waals surface area contributed by atoms with Gasteiger partial charge in [0.25, 0.3) is 0 Å². The van der Waals surface area contributed by atoms with Crippen molar-refractivity contribution in [2.24, 2.45) is 5.92 Å². The van der Waals surface area contributed by atoms with E-state index in [1.807, 2.05) is 6.07 Å². The lowest BCUT2D eigenvalue weighted by molar-refractivity contribution is 0.464. The normalized spacial score (nSPS) is 15.6. The lowest BCUT2D eigenvalue weighted by Gasteiger charge is -2.17. The van der Waals surface area contributed by atoms with Crippen LogP contribution in [-0.2, 0) is 16.6 Å². The predicted octanol–water partition coefficient (Wildman–Crippen LogP) is 1.73. The standard InChI is InChI=1S/C13H16N2O2S/c1-15(18(16,17)10-11-5-6-11)9-13-4-2-3-12(7-13)8-14/h2-4,7,11H,5-6,9-10H2,1H3. The van der Waals surface area contributed by atoms with Gasteiger partial charge in [-0.15, -0.1) is 0 Å². The minimum absolute atomic E-state index is 0.251. The zero-order chi connectivity index (χ0) is 13.2. The Bertz CT molecular complexity index is 571. The molecule has 0 bridgehead atoms. The second-order valence-corrected chi connectivity index (χ2v) is 6.91. The fourth-order valence-electron chi connectivity index (χ4n) is 1.80. The van der Waals surface area contributed by atoms with E-state index in [4.69, 9.17) is 5.26 Å². The van der Waals surface area contributed by atoms with Gasteiger partial charge in [0.2, 0.25) is 10.0 Å². The highest BCUT2D eigenvalue weighted by Crippen LogP contribution is 2.31. The maximum atomic E-state index is 12.0. The van der Waals surface area contributed by atoms with Crippen LogP contribution >= 0.6 is 0 Å². The molecule has 0 unspecified atom stereocenters. The van der Waals surface area contributed by atoms with Gasteiger partial charge in [-0.05, 0) is 36.5 Å². The molecule has 96 valence electrons. The highest BCUT2D eigenvalue weighted by molar-refractivity contribution is 7.89. The summed E-state index contributed by atoms with van der Waals surface area (Å²) in [5.74, 6) is 0.601. The predicted molar refractivity (Wildman–Crippen MR) is 69.1 cm³/mol. The van der Waals surface area contributed by atoms with Gasteiger partial charge in [0.1, 0.15) is 0 Å². The van der Waals surface area contributed by atoms with Crippen LogP contribution in [0.25, 0.3) is 0 Å². The summed E-state index contributed by atoms with van der Waals surface area (Å²) in [6.45, 7) is 0.324. The Kier molecular flexibility index (Phi) is 3.69. The van der Waals surface area contributed by atoms with Crippen LogP contribution in [0.4, 0.5) is 0 Å². The zero-order valence-corrected chi connectivity index (χ0v) is 11.2. The molecule has 0 saturated heterocycles. The van der Waals surface area contributed by atoms with Gasteiger partial charge < -0.3 is 0 Å². The second kappa shape index (κ2) is 5.09. The molecule has 0 radical (unpaired) electrons. The van der Waals surface area contributed by atoms with Gasteiger partial charge in [0, 0.05) is 13.6 Å². The highest BCUT2D eigenvalue weighted by Gasteiger charge is 2.30. The van der Waals surface area contributed by atoms with Crippen LogP contribution < -0.4 is 0 Å². The van der Waals surface area contributed by atoms with Crippen molar-refractivity contribution < 1.29 is 8.42 Å². The summed E-state index contributed by atoms with van der Waals surface area (Å²) in [7, 11) is -1.57. The van der Waals surface area contributed by atoms with Gasteiger partial charge in [-0.2, -0.15) is 5.26 Å². The van der Waals surface area contributed by atoms with E-state index in [1.165, 1.54) is 4.31 Å². The van der Waals surface area contributed by atoms with Gasteiger partial charge in [0.05, 0.1) is 17.4 Å². The van der Waals surface area contributed by atoms with Gasteiger partial charge in [0.15, 0.2) is 0 Å². The first-order valence-electron chi connectivity index (χ1n) is 5.94. The molecular formula is C13H16N2O2S. The Morgan fingerprint density at radius 1 is 1.44 bits per heavy atom. The van der Waals surface area contributed by atoms with E-state index in [0.717, 1.165) is 18.4 Å². The lowest BCUT2D eigenvalue weighted by Crippen LogP contribution is -2.29. The van der Waals surface area contributed by atoms with Crippen LogP contribution in [0.5, 0.6) is 0 Å². The van der Waals surface area contributed by atoms with Crippen molar-refractivity contribution in [3.8, 4) is 6.07 Å². The van der Waals surface area contributed by atoms with E-state index in [2.05, 4.69) is 6.07 Å². The first kappa shape index (κ1) is 13.1. The summed E-state index contributed by atoms with van der Waals surface area (Å²) >= 11 is 0. The molecule has 1 aromatic carbocycles. The number of benzene rings is 1. The van der Waals surface area contributed by atoms with E-state index in [0.29, 0.717) is 18.0 Å². The van der Waals surface area contributed by atoms with Crippen molar-refractivity contribution in [1.82, 2.24) is 4.31 Å². The number of nitrogens with zero attached hydrogens (tertiary/aromatic N) is 2. The molecule has 0 heterocycles. The summed E-state index contributed by atoms with van der Waals surface area (Å²) < 4.78 is 25.4. The fourth-order valence-corrected chi connectivity index (χ4v) is 3.33. The third-order valence-corrected chi connectivity index (χ3v) is 5.05. The van der Waals surface area contributed by atoms with Crippen molar-refractivity contribution in [2.45, 2.75) is 19.4 Å². The van der Waals surface area contributed by atoms with Gasteiger partial charge in [-0.3, -0.25) is 0 Å². The Labute approximate surface area is 108 Å². The largest absolute Gasteiger partial charge is 0.214 e. The summed E-state index contributed by atoms with van der Waals surface area (Å²) in [5, 5.41) is 8.80. The molecular weight excluding hydrogens is 248 g/mol. The Morgan fingerprint density at radius 3 is 2.78 bits per heavy atom. The van der Waals surface area contributed by atoms with Crippen LogP contribution in [0.3, 0.4) is 0 Å². The molecule has 1 aliphatic carbocycles. The van der Waals surface area contributed by atoms with Crippen LogP contribution in [0.2, 0.25) is 0 Å². The molecule has 1 saturated carbocycles. The van der Waals surface area contributed by atoms with E-state index in [9.17, 15) is 8.42 Å². The van der Waals surface area contributed by atoms with Crippen molar-refractivity contribution >= 4 is 10.0 Å². The van der Waals surface area contributed by atoms with Crippen molar-refractivity contribution in [2.75, 3.05) is 12.8 Å². The summed E-state index contributed by atoms with van der Waals surface area (Å²) in [5.41, 5.74) is 1.40. The van der Waals surface area contributed by atoms with E-state index >= 15 is 0 Å². The van der Waals surface area contributed by atoms with E-state index < -0.39 is 10.0 Å². The molecule has 1 aromatic rings. The molecule has 1 aliphatic rings. The van der Waals surface area contributed by atoms with Crippen LogP contribution in [0.1, 0.15) is 24.0 Å². The van der Waals surface area contributed by atoms with Crippen molar-refractivity contribution in [3.05, 3.63) is 35.4 Å². The van der Waals surface area contributed by atoms with Crippen LogP contribution in [-0.4, -0.2) is 25.5 Å². The van der Waals surface area contributed by atoms with E-state index in [1.54, 1.807) is 25.2 Å². The van der Waals surface area contributed by atoms with Crippen molar-refractivity contribution in [3.63, 3.8) is 0 Å². The average molecular weight is 264 g/mol. The topological polar surface area (TPSA) is 61.2 Å².